The first kappa shape index (κ1) is 19.0. The first-order chi connectivity index (χ1) is 13.0. The van der Waals surface area contributed by atoms with Crippen LogP contribution in [-0.2, 0) is 4.79 Å². The largest absolute Gasteiger partial charge is 0.486 e. The molecule has 2 aromatic rings. The Morgan fingerprint density at radius 1 is 1.11 bits per heavy atom. The van der Waals surface area contributed by atoms with Gasteiger partial charge in [-0.25, -0.2) is 4.79 Å². The highest BCUT2D eigenvalue weighted by molar-refractivity contribution is 9.10. The number of fused-ring (bicyclic) bond motifs is 1. The number of urea groups is 1. The topological polar surface area (TPSA) is 88.7 Å². The van der Waals surface area contributed by atoms with Crippen LogP contribution in [0.2, 0.25) is 0 Å². The zero-order valence-electron chi connectivity index (χ0n) is 14.8. The van der Waals surface area contributed by atoms with Crippen molar-refractivity contribution in [1.82, 2.24) is 10.6 Å². The quantitative estimate of drug-likeness (QED) is 0.675. The van der Waals surface area contributed by atoms with Crippen LogP contribution in [-0.4, -0.2) is 31.7 Å². The standard InChI is InChI=1S/C19H20BrN3O4/c1-12(13-6-7-16-17(10-13)27-9-8-26-16)22-19(25)21-11-18(24)23-15-5-3-2-4-14(15)20/h2-7,10,12H,8-9,11H2,1H3,(H,23,24)(H2,21,22,25)/t12-/m1/s1. The third kappa shape index (κ3) is 5.13. The van der Waals surface area contributed by atoms with E-state index in [1.54, 1.807) is 6.07 Å². The molecular weight excluding hydrogens is 414 g/mol. The summed E-state index contributed by atoms with van der Waals surface area (Å²) in [6.07, 6.45) is 0. The van der Waals surface area contributed by atoms with Gasteiger partial charge in [0.1, 0.15) is 13.2 Å². The third-order valence-electron chi connectivity index (χ3n) is 3.97. The fraction of sp³-hybridized carbons (Fsp3) is 0.263. The van der Waals surface area contributed by atoms with E-state index in [9.17, 15) is 9.59 Å². The molecule has 3 N–H and O–H groups in total. The Bertz CT molecular complexity index is 843. The average Bonchev–Trinajstić information content (AvgIpc) is 2.68. The van der Waals surface area contributed by atoms with Gasteiger partial charge in [-0.1, -0.05) is 18.2 Å². The van der Waals surface area contributed by atoms with Gasteiger partial charge in [0.15, 0.2) is 11.5 Å². The second-order valence-electron chi connectivity index (χ2n) is 5.98. The molecule has 27 heavy (non-hydrogen) atoms. The van der Waals surface area contributed by atoms with Crippen molar-refractivity contribution < 1.29 is 19.1 Å². The molecule has 0 spiro atoms. The minimum absolute atomic E-state index is 0.138. The SMILES string of the molecule is C[C@@H](NC(=O)NCC(=O)Nc1ccccc1Br)c1ccc2c(c1)OCCO2. The Morgan fingerprint density at radius 3 is 2.63 bits per heavy atom. The van der Waals surface area contributed by atoms with Crippen molar-refractivity contribution in [3.05, 3.63) is 52.5 Å². The van der Waals surface area contributed by atoms with Crippen molar-refractivity contribution >= 4 is 33.6 Å². The molecule has 0 unspecified atom stereocenters. The second-order valence-corrected chi connectivity index (χ2v) is 6.83. The molecule has 0 saturated heterocycles. The van der Waals surface area contributed by atoms with Crippen LogP contribution in [0.4, 0.5) is 10.5 Å². The molecule has 7 nitrogen and oxygen atoms in total. The van der Waals surface area contributed by atoms with E-state index < -0.39 is 6.03 Å². The van der Waals surface area contributed by atoms with E-state index in [1.807, 2.05) is 43.3 Å². The number of hydrogen-bond acceptors (Lipinski definition) is 4. The van der Waals surface area contributed by atoms with Gasteiger partial charge < -0.3 is 25.4 Å². The Labute approximate surface area is 165 Å². The molecule has 3 amide bonds. The van der Waals surface area contributed by atoms with Crippen LogP contribution in [0.25, 0.3) is 0 Å². The van der Waals surface area contributed by atoms with Gasteiger partial charge in [-0.2, -0.15) is 0 Å². The van der Waals surface area contributed by atoms with E-state index in [2.05, 4.69) is 31.9 Å². The van der Waals surface area contributed by atoms with Crippen LogP contribution >= 0.6 is 15.9 Å². The van der Waals surface area contributed by atoms with Gasteiger partial charge in [0.25, 0.3) is 0 Å². The third-order valence-corrected chi connectivity index (χ3v) is 4.66. The predicted molar refractivity (Wildman–Crippen MR) is 105 cm³/mol. The number of nitrogens with one attached hydrogen (secondary N) is 3. The number of para-hydroxylation sites is 1. The summed E-state index contributed by atoms with van der Waals surface area (Å²) >= 11 is 3.36. The van der Waals surface area contributed by atoms with Crippen molar-refractivity contribution in [1.29, 1.82) is 0 Å². The molecular formula is C19H20BrN3O4. The predicted octanol–water partition coefficient (Wildman–Crippen LogP) is 3.22. The summed E-state index contributed by atoms with van der Waals surface area (Å²) in [4.78, 5) is 24.1. The van der Waals surface area contributed by atoms with Gasteiger partial charge in [0.05, 0.1) is 18.3 Å². The van der Waals surface area contributed by atoms with Crippen LogP contribution in [0.15, 0.2) is 46.9 Å². The maximum absolute atomic E-state index is 12.1. The van der Waals surface area contributed by atoms with Crippen molar-refractivity contribution in [2.24, 2.45) is 0 Å². The summed E-state index contributed by atoms with van der Waals surface area (Å²) in [6, 6.07) is 12.1. The van der Waals surface area contributed by atoms with E-state index in [1.165, 1.54) is 0 Å². The monoisotopic (exact) mass is 433 g/mol. The zero-order valence-corrected chi connectivity index (χ0v) is 16.3. The molecule has 1 aliphatic heterocycles. The van der Waals surface area contributed by atoms with Gasteiger partial charge in [-0.15, -0.1) is 0 Å². The highest BCUT2D eigenvalue weighted by atomic mass is 79.9. The van der Waals surface area contributed by atoms with E-state index in [0.29, 0.717) is 30.4 Å². The number of carbonyl (C=O) groups excluding carboxylic acids is 2. The van der Waals surface area contributed by atoms with Crippen molar-refractivity contribution in [3.8, 4) is 11.5 Å². The number of hydrogen-bond donors (Lipinski definition) is 3. The number of anilines is 1. The van der Waals surface area contributed by atoms with Gasteiger partial charge in [0, 0.05) is 4.47 Å². The van der Waals surface area contributed by atoms with Gasteiger partial charge in [-0.3, -0.25) is 4.79 Å². The molecule has 3 rings (SSSR count). The normalized spacial score (nSPS) is 13.4. The first-order valence-electron chi connectivity index (χ1n) is 8.51. The highest BCUT2D eigenvalue weighted by Gasteiger charge is 2.16. The summed E-state index contributed by atoms with van der Waals surface area (Å²) in [5.74, 6) is 1.05. The number of halogens is 1. The fourth-order valence-corrected chi connectivity index (χ4v) is 2.96. The molecule has 8 heteroatoms. The molecule has 1 heterocycles. The number of amides is 3. The summed E-state index contributed by atoms with van der Waals surface area (Å²) in [5.41, 5.74) is 1.53. The molecule has 2 aromatic carbocycles. The number of ether oxygens (including phenoxy) is 2. The van der Waals surface area contributed by atoms with Crippen LogP contribution in [0.3, 0.4) is 0 Å². The molecule has 0 radical (unpaired) electrons. The van der Waals surface area contributed by atoms with Crippen molar-refractivity contribution in [2.45, 2.75) is 13.0 Å². The van der Waals surface area contributed by atoms with Gasteiger partial charge >= 0.3 is 6.03 Å². The lowest BCUT2D eigenvalue weighted by Crippen LogP contribution is -2.41. The Balaban J connectivity index is 1.48. The summed E-state index contributed by atoms with van der Waals surface area (Å²) in [7, 11) is 0. The second kappa shape index (κ2) is 8.77. The number of carbonyl (C=O) groups is 2. The van der Waals surface area contributed by atoms with Crippen LogP contribution in [0.5, 0.6) is 11.5 Å². The fourth-order valence-electron chi connectivity index (χ4n) is 2.58. The zero-order chi connectivity index (χ0) is 19.2. The summed E-state index contributed by atoms with van der Waals surface area (Å²) < 4.78 is 11.8. The van der Waals surface area contributed by atoms with Crippen LogP contribution in [0, 0.1) is 0 Å². The molecule has 0 saturated carbocycles. The van der Waals surface area contributed by atoms with Crippen molar-refractivity contribution in [3.63, 3.8) is 0 Å². The smallest absolute Gasteiger partial charge is 0.315 e. The molecule has 142 valence electrons. The lowest BCUT2D eigenvalue weighted by molar-refractivity contribution is -0.115. The van der Waals surface area contributed by atoms with Crippen molar-refractivity contribution in [2.75, 3.05) is 25.1 Å². The number of benzene rings is 2. The lowest BCUT2D eigenvalue weighted by Gasteiger charge is -2.21. The molecule has 0 bridgehead atoms. The average molecular weight is 434 g/mol. The van der Waals surface area contributed by atoms with Crippen LogP contribution < -0.4 is 25.4 Å². The summed E-state index contributed by atoms with van der Waals surface area (Å²) in [6.45, 7) is 2.75. The molecule has 0 aliphatic carbocycles. The molecule has 1 atom stereocenters. The summed E-state index contributed by atoms with van der Waals surface area (Å²) in [5, 5.41) is 8.08. The maximum Gasteiger partial charge on any atom is 0.315 e. The highest BCUT2D eigenvalue weighted by Crippen LogP contribution is 2.32. The molecule has 0 aromatic heterocycles. The maximum atomic E-state index is 12.1. The van der Waals surface area contributed by atoms with Gasteiger partial charge in [-0.05, 0) is 52.7 Å². The van der Waals surface area contributed by atoms with E-state index >= 15 is 0 Å². The minimum atomic E-state index is -0.431. The van der Waals surface area contributed by atoms with Gasteiger partial charge in [0.2, 0.25) is 5.91 Å². The Kier molecular flexibility index (Phi) is 6.18. The lowest BCUT2D eigenvalue weighted by atomic mass is 10.1. The molecule has 1 aliphatic rings. The van der Waals surface area contributed by atoms with E-state index in [0.717, 1.165) is 10.0 Å². The van der Waals surface area contributed by atoms with Crippen LogP contribution in [0.1, 0.15) is 18.5 Å². The van der Waals surface area contributed by atoms with E-state index in [4.69, 9.17) is 9.47 Å². The Hall–Kier alpha value is -2.74. The number of rotatable bonds is 5. The molecule has 0 fully saturated rings. The first-order valence-corrected chi connectivity index (χ1v) is 9.30. The Morgan fingerprint density at radius 2 is 1.85 bits per heavy atom. The van der Waals surface area contributed by atoms with E-state index in [-0.39, 0.29) is 18.5 Å². The minimum Gasteiger partial charge on any atom is -0.486 e.